The van der Waals surface area contributed by atoms with Crippen LogP contribution in [0.4, 0.5) is 4.39 Å². The van der Waals surface area contributed by atoms with Crippen molar-refractivity contribution in [1.82, 2.24) is 0 Å². The van der Waals surface area contributed by atoms with Crippen molar-refractivity contribution in [1.29, 1.82) is 0 Å². The summed E-state index contributed by atoms with van der Waals surface area (Å²) in [5.41, 5.74) is 2.90. The van der Waals surface area contributed by atoms with Crippen LogP contribution >= 0.6 is 0 Å². The molecule has 1 heteroatoms. The van der Waals surface area contributed by atoms with E-state index >= 15 is 0 Å². The number of hydrogen-bond donors (Lipinski definition) is 0. The third-order valence-electron chi connectivity index (χ3n) is 5.68. The van der Waals surface area contributed by atoms with Gasteiger partial charge in [0.1, 0.15) is 6.17 Å². The van der Waals surface area contributed by atoms with Gasteiger partial charge in [-0.3, -0.25) is 0 Å². The van der Waals surface area contributed by atoms with Gasteiger partial charge in [-0.2, -0.15) is 0 Å². The van der Waals surface area contributed by atoms with Crippen LogP contribution in [-0.4, -0.2) is 6.17 Å². The Morgan fingerprint density at radius 1 is 0.750 bits per heavy atom. The molecule has 0 aromatic heterocycles. The van der Waals surface area contributed by atoms with E-state index in [9.17, 15) is 4.39 Å². The molecule has 0 heterocycles. The van der Waals surface area contributed by atoms with Crippen molar-refractivity contribution in [2.24, 2.45) is 0 Å². The van der Waals surface area contributed by atoms with Crippen LogP contribution in [0.25, 0.3) is 0 Å². The van der Waals surface area contributed by atoms with Gasteiger partial charge >= 0.3 is 0 Å². The molecule has 0 atom stereocenters. The van der Waals surface area contributed by atoms with E-state index in [0.717, 1.165) is 25.7 Å². The molecule has 0 N–H and O–H groups in total. The molecule has 1 aliphatic rings. The average molecular weight is 333 g/mol. The van der Waals surface area contributed by atoms with Gasteiger partial charge in [0.2, 0.25) is 0 Å². The molecular weight excluding hydrogens is 295 g/mol. The summed E-state index contributed by atoms with van der Waals surface area (Å²) in [6.07, 6.45) is 16.8. The zero-order valence-electron chi connectivity index (χ0n) is 15.7. The Bertz CT molecular complexity index is 414. The summed E-state index contributed by atoms with van der Waals surface area (Å²) < 4.78 is 13.2. The zero-order chi connectivity index (χ0) is 17.0. The average Bonchev–Trinajstić information content (AvgIpc) is 2.62. The van der Waals surface area contributed by atoms with Gasteiger partial charge in [-0.05, 0) is 55.6 Å². The lowest BCUT2D eigenvalue weighted by Gasteiger charge is -2.24. The van der Waals surface area contributed by atoms with E-state index in [2.05, 4.69) is 31.2 Å². The van der Waals surface area contributed by atoms with E-state index in [0.29, 0.717) is 5.92 Å². The fourth-order valence-electron chi connectivity index (χ4n) is 3.98. The number of halogens is 1. The van der Waals surface area contributed by atoms with Crippen molar-refractivity contribution >= 4 is 0 Å². The van der Waals surface area contributed by atoms with Gasteiger partial charge in [0.25, 0.3) is 0 Å². The Morgan fingerprint density at radius 3 is 1.88 bits per heavy atom. The van der Waals surface area contributed by atoms with E-state index in [1.165, 1.54) is 75.3 Å². The van der Waals surface area contributed by atoms with Gasteiger partial charge in [0.05, 0.1) is 0 Å². The molecule has 0 aliphatic heterocycles. The van der Waals surface area contributed by atoms with Gasteiger partial charge < -0.3 is 0 Å². The number of rotatable bonds is 11. The van der Waals surface area contributed by atoms with E-state index in [1.807, 2.05) is 0 Å². The van der Waals surface area contributed by atoms with Gasteiger partial charge in [-0.25, -0.2) is 4.39 Å². The minimum absolute atomic E-state index is 0.549. The van der Waals surface area contributed by atoms with Gasteiger partial charge in [0, 0.05) is 0 Å². The topological polar surface area (TPSA) is 0 Å². The van der Waals surface area contributed by atoms with Crippen LogP contribution in [0.3, 0.4) is 0 Å². The minimum atomic E-state index is -0.549. The lowest BCUT2D eigenvalue weighted by molar-refractivity contribution is 0.235. The van der Waals surface area contributed by atoms with E-state index in [-0.39, 0.29) is 0 Å². The lowest BCUT2D eigenvalue weighted by Crippen LogP contribution is -2.13. The summed E-state index contributed by atoms with van der Waals surface area (Å²) in [6, 6.07) is 9.21. The maximum absolute atomic E-state index is 13.2. The highest BCUT2D eigenvalue weighted by atomic mass is 19.1. The SMILES string of the molecule is CCCCCCCCCCCc1ccc(C2CCC(F)CC2)cc1. The Kier molecular flexibility index (Phi) is 9.46. The molecule has 1 aliphatic carbocycles. The summed E-state index contributed by atoms with van der Waals surface area (Å²) in [6.45, 7) is 2.28. The number of unbranched alkanes of at least 4 members (excludes halogenated alkanes) is 8. The van der Waals surface area contributed by atoms with Crippen LogP contribution in [0.1, 0.15) is 107 Å². The third-order valence-corrected chi connectivity index (χ3v) is 5.68. The molecule has 0 unspecified atom stereocenters. The predicted octanol–water partition coefficient (Wildman–Crippen LogP) is 7.76. The van der Waals surface area contributed by atoms with Crippen molar-refractivity contribution in [2.45, 2.75) is 109 Å². The normalized spacial score (nSPS) is 21.1. The predicted molar refractivity (Wildman–Crippen MR) is 103 cm³/mol. The molecule has 0 amide bonds. The maximum atomic E-state index is 13.2. The van der Waals surface area contributed by atoms with Gasteiger partial charge in [-0.1, -0.05) is 82.6 Å². The summed E-state index contributed by atoms with van der Waals surface area (Å²) in [5, 5.41) is 0. The first-order valence-corrected chi connectivity index (χ1v) is 10.5. The Morgan fingerprint density at radius 2 is 1.29 bits per heavy atom. The summed E-state index contributed by atoms with van der Waals surface area (Å²) >= 11 is 0. The molecular formula is C23H37F. The van der Waals surface area contributed by atoms with Gasteiger partial charge in [-0.15, -0.1) is 0 Å². The lowest BCUT2D eigenvalue weighted by atomic mass is 9.83. The van der Waals surface area contributed by atoms with Gasteiger partial charge in [0.15, 0.2) is 0 Å². The number of alkyl halides is 1. The van der Waals surface area contributed by atoms with Crippen molar-refractivity contribution in [3.63, 3.8) is 0 Å². The van der Waals surface area contributed by atoms with E-state index in [4.69, 9.17) is 0 Å². The molecule has 24 heavy (non-hydrogen) atoms. The third kappa shape index (κ3) is 7.36. The first-order chi connectivity index (χ1) is 11.8. The molecule has 0 spiro atoms. The minimum Gasteiger partial charge on any atom is -0.247 e. The number of aryl methyl sites for hydroxylation is 1. The maximum Gasteiger partial charge on any atom is 0.100 e. The second kappa shape index (κ2) is 11.7. The molecule has 1 aromatic carbocycles. The van der Waals surface area contributed by atoms with Crippen LogP contribution in [0.2, 0.25) is 0 Å². The smallest absolute Gasteiger partial charge is 0.100 e. The molecule has 136 valence electrons. The summed E-state index contributed by atoms with van der Waals surface area (Å²) in [7, 11) is 0. The Hall–Kier alpha value is -0.850. The van der Waals surface area contributed by atoms with Crippen molar-refractivity contribution in [3.8, 4) is 0 Å². The molecule has 1 aromatic rings. The first-order valence-electron chi connectivity index (χ1n) is 10.5. The quantitative estimate of drug-likeness (QED) is 0.363. The first kappa shape index (κ1) is 19.5. The van der Waals surface area contributed by atoms with Crippen molar-refractivity contribution in [3.05, 3.63) is 35.4 Å². The molecule has 1 fully saturated rings. The summed E-state index contributed by atoms with van der Waals surface area (Å²) in [4.78, 5) is 0. The highest BCUT2D eigenvalue weighted by Gasteiger charge is 2.21. The molecule has 2 rings (SSSR count). The van der Waals surface area contributed by atoms with E-state index in [1.54, 1.807) is 0 Å². The second-order valence-electron chi connectivity index (χ2n) is 7.77. The fraction of sp³-hybridized carbons (Fsp3) is 0.739. The van der Waals surface area contributed by atoms with Crippen LogP contribution in [0, 0.1) is 0 Å². The fourth-order valence-corrected chi connectivity index (χ4v) is 3.98. The largest absolute Gasteiger partial charge is 0.247 e. The molecule has 0 nitrogen and oxygen atoms in total. The van der Waals surface area contributed by atoms with Crippen molar-refractivity contribution < 1.29 is 4.39 Å². The van der Waals surface area contributed by atoms with Crippen molar-refractivity contribution in [2.75, 3.05) is 0 Å². The second-order valence-corrected chi connectivity index (χ2v) is 7.77. The van der Waals surface area contributed by atoms with Crippen LogP contribution in [-0.2, 0) is 6.42 Å². The van der Waals surface area contributed by atoms with E-state index < -0.39 is 6.17 Å². The molecule has 1 saturated carbocycles. The van der Waals surface area contributed by atoms with Crippen LogP contribution in [0.5, 0.6) is 0 Å². The number of hydrogen-bond acceptors (Lipinski definition) is 0. The molecule has 0 saturated heterocycles. The van der Waals surface area contributed by atoms with Crippen LogP contribution in [0.15, 0.2) is 24.3 Å². The Balaban J connectivity index is 1.55. The molecule has 0 radical (unpaired) electrons. The zero-order valence-corrected chi connectivity index (χ0v) is 15.7. The summed E-state index contributed by atoms with van der Waals surface area (Å²) in [5.74, 6) is 0.596. The highest BCUT2D eigenvalue weighted by molar-refractivity contribution is 5.26. The Labute approximate surface area is 149 Å². The monoisotopic (exact) mass is 332 g/mol. The molecule has 0 bridgehead atoms. The highest BCUT2D eigenvalue weighted by Crippen LogP contribution is 2.34. The number of benzene rings is 1. The standard InChI is InChI=1S/C23H37F/c1-2-3-4-5-6-7-8-9-10-11-20-12-14-21(15-13-20)22-16-18-23(24)19-17-22/h12-15,22-23H,2-11,16-19H2,1H3. The van der Waals surface area contributed by atoms with Crippen LogP contribution < -0.4 is 0 Å².